The predicted octanol–water partition coefficient (Wildman–Crippen LogP) is 1.80. The highest BCUT2D eigenvalue weighted by atomic mass is 32.2. The van der Waals surface area contributed by atoms with Crippen molar-refractivity contribution in [3.8, 4) is 0 Å². The molecular weight excluding hydrogens is 348 g/mol. The maximum Gasteiger partial charge on any atom is 0.253 e. The Hall–Kier alpha value is -1.74. The molecule has 0 aliphatic heterocycles. The summed E-state index contributed by atoms with van der Waals surface area (Å²) in [4.78, 5) is 14.7. The third kappa shape index (κ3) is 4.02. The fourth-order valence-corrected chi connectivity index (χ4v) is 3.72. The Bertz CT molecular complexity index is 784. The molecule has 2 aromatic rings. The van der Waals surface area contributed by atoms with Crippen molar-refractivity contribution >= 4 is 27.3 Å². The summed E-state index contributed by atoms with van der Waals surface area (Å²) < 4.78 is 25.2. The average molecular weight is 368 g/mol. The topological polar surface area (TPSA) is 77.9 Å². The smallest absolute Gasteiger partial charge is 0.253 e. The van der Waals surface area contributed by atoms with E-state index in [1.54, 1.807) is 7.05 Å². The second kappa shape index (κ2) is 7.43. The summed E-state index contributed by atoms with van der Waals surface area (Å²) in [5, 5.41) is 12.0. The van der Waals surface area contributed by atoms with Crippen LogP contribution in [0.25, 0.3) is 0 Å². The molecule has 130 valence electrons. The number of hydrogen-bond acceptors (Lipinski definition) is 5. The molecule has 1 N–H and O–H groups in total. The summed E-state index contributed by atoms with van der Waals surface area (Å²) in [7, 11) is 0.987. The number of carbonyl (C=O) groups excluding carboxylic acids is 1. The number of rotatable bonds is 6. The number of aliphatic hydroxyl groups is 1. The molecule has 6 nitrogen and oxygen atoms in total. The van der Waals surface area contributed by atoms with Crippen LogP contribution in [0.5, 0.6) is 0 Å². The molecule has 0 radical (unpaired) electrons. The highest BCUT2D eigenvalue weighted by Gasteiger charge is 2.20. The van der Waals surface area contributed by atoms with Crippen LogP contribution in [0.1, 0.15) is 21.3 Å². The lowest BCUT2D eigenvalue weighted by atomic mass is 10.2. The zero-order valence-electron chi connectivity index (χ0n) is 13.7. The lowest BCUT2D eigenvalue weighted by Crippen LogP contribution is -2.31. The summed E-state index contributed by atoms with van der Waals surface area (Å²) in [6.45, 7) is 0.164. The van der Waals surface area contributed by atoms with E-state index in [9.17, 15) is 18.3 Å². The van der Waals surface area contributed by atoms with Crippen molar-refractivity contribution in [3.05, 3.63) is 52.2 Å². The van der Waals surface area contributed by atoms with Crippen LogP contribution in [0.4, 0.5) is 0 Å². The Balaban J connectivity index is 2.09. The Morgan fingerprint density at radius 3 is 2.29 bits per heavy atom. The maximum atomic E-state index is 12.4. The molecule has 1 aromatic heterocycles. The lowest BCUT2D eigenvalue weighted by molar-refractivity contribution is 0.0685. The highest BCUT2D eigenvalue weighted by Crippen LogP contribution is 2.20. The molecule has 1 unspecified atom stereocenters. The number of amides is 1. The van der Waals surface area contributed by atoms with E-state index in [0.717, 1.165) is 9.18 Å². The fraction of sp³-hybridized carbons (Fsp3) is 0.312. The highest BCUT2D eigenvalue weighted by molar-refractivity contribution is 7.89. The van der Waals surface area contributed by atoms with Crippen molar-refractivity contribution in [2.45, 2.75) is 11.0 Å². The first-order valence-electron chi connectivity index (χ1n) is 7.23. The number of nitrogens with zero attached hydrogens (tertiary/aromatic N) is 2. The van der Waals surface area contributed by atoms with Crippen molar-refractivity contribution in [1.82, 2.24) is 9.21 Å². The molecule has 2 rings (SSSR count). The Morgan fingerprint density at radius 1 is 1.17 bits per heavy atom. The molecule has 1 heterocycles. The van der Waals surface area contributed by atoms with E-state index in [-0.39, 0.29) is 17.3 Å². The monoisotopic (exact) mass is 368 g/mol. The Labute approximate surface area is 146 Å². The van der Waals surface area contributed by atoms with E-state index < -0.39 is 16.1 Å². The number of thiophene rings is 1. The molecule has 0 fully saturated rings. The first kappa shape index (κ1) is 18.6. The van der Waals surface area contributed by atoms with Gasteiger partial charge < -0.3 is 10.0 Å². The van der Waals surface area contributed by atoms with E-state index in [0.29, 0.717) is 5.56 Å². The standard InChI is InChI=1S/C16H20N2O4S2/c1-17(2)24(21,22)13-8-6-12(7-9-13)16(20)18(3)11-14(19)15-5-4-10-23-15/h4-10,14,19H,11H2,1-3H3. The van der Waals surface area contributed by atoms with E-state index in [2.05, 4.69) is 0 Å². The summed E-state index contributed by atoms with van der Waals surface area (Å²) in [5.74, 6) is -0.278. The number of benzene rings is 1. The number of hydrogen-bond donors (Lipinski definition) is 1. The second-order valence-corrected chi connectivity index (χ2v) is 8.66. The van der Waals surface area contributed by atoms with E-state index in [1.807, 2.05) is 17.5 Å². The number of likely N-dealkylation sites (N-methyl/N-ethyl adjacent to an activating group) is 1. The quantitative estimate of drug-likeness (QED) is 0.843. The van der Waals surface area contributed by atoms with Gasteiger partial charge in [0.05, 0.1) is 11.4 Å². The first-order valence-corrected chi connectivity index (χ1v) is 9.55. The summed E-state index contributed by atoms with van der Waals surface area (Å²) >= 11 is 1.43. The van der Waals surface area contributed by atoms with Gasteiger partial charge >= 0.3 is 0 Å². The molecule has 0 bridgehead atoms. The van der Waals surface area contributed by atoms with Crippen LogP contribution in [0.3, 0.4) is 0 Å². The second-order valence-electron chi connectivity index (χ2n) is 5.53. The van der Waals surface area contributed by atoms with Crippen LogP contribution in [0.15, 0.2) is 46.7 Å². The van der Waals surface area contributed by atoms with Gasteiger partial charge in [-0.15, -0.1) is 11.3 Å². The van der Waals surface area contributed by atoms with Gasteiger partial charge in [-0.3, -0.25) is 4.79 Å². The van der Waals surface area contributed by atoms with Gasteiger partial charge in [-0.1, -0.05) is 6.07 Å². The number of carbonyl (C=O) groups is 1. The van der Waals surface area contributed by atoms with Crippen molar-refractivity contribution in [3.63, 3.8) is 0 Å². The normalized spacial score (nSPS) is 13.0. The molecule has 8 heteroatoms. The molecule has 0 spiro atoms. The minimum absolute atomic E-state index is 0.130. The van der Waals surface area contributed by atoms with Crippen LogP contribution in [0, 0.1) is 0 Å². The molecule has 0 aliphatic rings. The predicted molar refractivity (Wildman–Crippen MR) is 93.6 cm³/mol. The molecule has 0 aliphatic carbocycles. The van der Waals surface area contributed by atoms with Gasteiger partial charge in [-0.2, -0.15) is 0 Å². The van der Waals surface area contributed by atoms with Crippen molar-refractivity contribution in [2.75, 3.05) is 27.7 Å². The molecule has 1 atom stereocenters. The average Bonchev–Trinajstić information content (AvgIpc) is 3.08. The minimum atomic E-state index is -3.52. The molecule has 0 saturated carbocycles. The van der Waals surface area contributed by atoms with Gasteiger partial charge in [0, 0.05) is 31.6 Å². The summed E-state index contributed by atoms with van der Waals surface area (Å²) in [6, 6.07) is 9.43. The molecule has 1 amide bonds. The first-order chi connectivity index (χ1) is 11.2. The fourth-order valence-electron chi connectivity index (χ4n) is 2.11. The minimum Gasteiger partial charge on any atom is -0.386 e. The third-order valence-corrected chi connectivity index (χ3v) is 6.35. The van der Waals surface area contributed by atoms with Gasteiger partial charge in [-0.25, -0.2) is 12.7 Å². The maximum absolute atomic E-state index is 12.4. The van der Waals surface area contributed by atoms with Gasteiger partial charge in [0.15, 0.2) is 0 Å². The van der Waals surface area contributed by atoms with E-state index in [1.165, 1.54) is 54.6 Å². The van der Waals surface area contributed by atoms with Gasteiger partial charge in [0.1, 0.15) is 6.10 Å². The molecule has 1 aromatic carbocycles. The van der Waals surface area contributed by atoms with Crippen LogP contribution >= 0.6 is 11.3 Å². The molecule has 0 saturated heterocycles. The van der Waals surface area contributed by atoms with E-state index in [4.69, 9.17) is 0 Å². The Kier molecular flexibility index (Phi) is 5.76. The lowest BCUT2D eigenvalue weighted by Gasteiger charge is -2.20. The van der Waals surface area contributed by atoms with Crippen LogP contribution in [-0.4, -0.2) is 56.3 Å². The van der Waals surface area contributed by atoms with Crippen LogP contribution < -0.4 is 0 Å². The number of aliphatic hydroxyl groups excluding tert-OH is 1. The largest absolute Gasteiger partial charge is 0.386 e. The third-order valence-electron chi connectivity index (χ3n) is 3.54. The van der Waals surface area contributed by atoms with Crippen LogP contribution in [-0.2, 0) is 10.0 Å². The Morgan fingerprint density at radius 2 is 1.79 bits per heavy atom. The zero-order chi connectivity index (χ0) is 17.9. The summed E-state index contributed by atoms with van der Waals surface area (Å²) in [6.07, 6.45) is -0.743. The SMILES string of the molecule is CN(CC(O)c1cccs1)C(=O)c1ccc(S(=O)(=O)N(C)C)cc1. The van der Waals surface area contributed by atoms with Crippen molar-refractivity contribution < 1.29 is 18.3 Å². The van der Waals surface area contributed by atoms with Crippen LogP contribution in [0.2, 0.25) is 0 Å². The summed E-state index contributed by atoms with van der Waals surface area (Å²) in [5.41, 5.74) is 0.369. The molecular formula is C16H20N2O4S2. The van der Waals surface area contributed by atoms with Gasteiger partial charge in [0.25, 0.3) is 5.91 Å². The van der Waals surface area contributed by atoms with Gasteiger partial charge in [-0.05, 0) is 35.7 Å². The molecule has 24 heavy (non-hydrogen) atoms. The zero-order valence-corrected chi connectivity index (χ0v) is 15.3. The van der Waals surface area contributed by atoms with Gasteiger partial charge in [0.2, 0.25) is 10.0 Å². The van der Waals surface area contributed by atoms with E-state index >= 15 is 0 Å². The van der Waals surface area contributed by atoms with Crippen molar-refractivity contribution in [1.29, 1.82) is 0 Å². The number of sulfonamides is 1. The van der Waals surface area contributed by atoms with Crippen molar-refractivity contribution in [2.24, 2.45) is 0 Å².